The molecule has 0 saturated heterocycles. The number of fused-ring (bicyclic) bond motifs is 1. The first kappa shape index (κ1) is 11.9. The molecule has 0 unspecified atom stereocenters. The molecular weight excluding hydrogens is 240 g/mol. The van der Waals surface area contributed by atoms with Crippen molar-refractivity contribution in [3.8, 4) is 11.5 Å². The van der Waals surface area contributed by atoms with E-state index in [0.717, 1.165) is 22.6 Å². The molecular formula is C13H16N6. The molecule has 0 aliphatic rings. The van der Waals surface area contributed by atoms with Crippen molar-refractivity contribution >= 4 is 11.0 Å². The van der Waals surface area contributed by atoms with Crippen LogP contribution in [0.25, 0.3) is 22.6 Å². The topological polar surface area (TPSA) is 85.4 Å². The van der Waals surface area contributed by atoms with Gasteiger partial charge in [0.2, 0.25) is 0 Å². The van der Waals surface area contributed by atoms with Crippen molar-refractivity contribution in [3.63, 3.8) is 0 Å². The van der Waals surface area contributed by atoms with E-state index in [0.29, 0.717) is 13.1 Å². The van der Waals surface area contributed by atoms with Gasteiger partial charge in [0.15, 0.2) is 5.82 Å². The molecule has 6 nitrogen and oxygen atoms in total. The molecule has 0 radical (unpaired) electrons. The number of imidazole rings is 1. The molecule has 19 heavy (non-hydrogen) atoms. The predicted molar refractivity (Wildman–Crippen MR) is 73.6 cm³/mol. The van der Waals surface area contributed by atoms with Crippen molar-refractivity contribution < 1.29 is 0 Å². The van der Waals surface area contributed by atoms with Crippen LogP contribution in [0.1, 0.15) is 11.1 Å². The van der Waals surface area contributed by atoms with Gasteiger partial charge in [-0.1, -0.05) is 5.21 Å². The number of aromatic amines is 1. The molecule has 3 rings (SSSR count). The van der Waals surface area contributed by atoms with E-state index in [9.17, 15) is 0 Å². The zero-order valence-electron chi connectivity index (χ0n) is 11.0. The van der Waals surface area contributed by atoms with Crippen LogP contribution < -0.4 is 5.73 Å². The van der Waals surface area contributed by atoms with Gasteiger partial charge in [0.1, 0.15) is 5.69 Å². The van der Waals surface area contributed by atoms with Crippen LogP contribution in [0.15, 0.2) is 18.3 Å². The summed E-state index contributed by atoms with van der Waals surface area (Å²) in [5, 5.41) is 8.12. The van der Waals surface area contributed by atoms with E-state index in [1.165, 1.54) is 11.1 Å². The number of aryl methyl sites for hydroxylation is 2. The van der Waals surface area contributed by atoms with Gasteiger partial charge >= 0.3 is 0 Å². The standard InChI is InChI=1S/C13H16N6/c1-8-5-10-11(6-9(8)2)16-13(15-10)12-7-19(4-3-14)18-17-12/h5-7H,3-4,14H2,1-2H3,(H,15,16). The van der Waals surface area contributed by atoms with E-state index >= 15 is 0 Å². The number of nitrogens with one attached hydrogen (secondary N) is 1. The summed E-state index contributed by atoms with van der Waals surface area (Å²) in [7, 11) is 0. The smallest absolute Gasteiger partial charge is 0.160 e. The predicted octanol–water partition coefficient (Wildman–Crippen LogP) is 1.40. The summed E-state index contributed by atoms with van der Waals surface area (Å²) in [6, 6.07) is 4.18. The minimum Gasteiger partial charge on any atom is -0.337 e. The van der Waals surface area contributed by atoms with Crippen molar-refractivity contribution in [1.29, 1.82) is 0 Å². The van der Waals surface area contributed by atoms with Gasteiger partial charge in [0.25, 0.3) is 0 Å². The molecule has 0 fully saturated rings. The molecule has 98 valence electrons. The Bertz CT molecular complexity index is 685. The number of hydrogen-bond acceptors (Lipinski definition) is 4. The third-order valence-electron chi connectivity index (χ3n) is 3.24. The molecule has 3 N–H and O–H groups in total. The number of H-pyrrole nitrogens is 1. The van der Waals surface area contributed by atoms with Gasteiger partial charge in [-0.15, -0.1) is 5.10 Å². The maximum Gasteiger partial charge on any atom is 0.160 e. The first-order chi connectivity index (χ1) is 9.17. The van der Waals surface area contributed by atoms with Gasteiger partial charge in [-0.2, -0.15) is 0 Å². The van der Waals surface area contributed by atoms with Crippen LogP contribution in [-0.2, 0) is 6.54 Å². The number of aromatic nitrogens is 5. The summed E-state index contributed by atoms with van der Waals surface area (Å²) in [5.41, 5.74) is 10.7. The van der Waals surface area contributed by atoms with Gasteiger partial charge < -0.3 is 10.7 Å². The minimum atomic E-state index is 0.543. The summed E-state index contributed by atoms with van der Waals surface area (Å²) in [6.07, 6.45) is 1.85. The molecule has 1 aromatic carbocycles. The first-order valence-electron chi connectivity index (χ1n) is 6.25. The summed E-state index contributed by atoms with van der Waals surface area (Å²) < 4.78 is 1.72. The average Bonchev–Trinajstić information content (AvgIpc) is 2.97. The van der Waals surface area contributed by atoms with E-state index < -0.39 is 0 Å². The highest BCUT2D eigenvalue weighted by Crippen LogP contribution is 2.21. The Hall–Kier alpha value is -2.21. The monoisotopic (exact) mass is 256 g/mol. The second kappa shape index (κ2) is 4.47. The molecule has 0 atom stereocenters. The fourth-order valence-corrected chi connectivity index (χ4v) is 2.04. The Balaban J connectivity index is 2.04. The lowest BCUT2D eigenvalue weighted by Gasteiger charge is -1.97. The van der Waals surface area contributed by atoms with E-state index in [1.807, 2.05) is 6.20 Å². The summed E-state index contributed by atoms with van der Waals surface area (Å²) in [4.78, 5) is 7.83. The molecule has 0 aliphatic carbocycles. The molecule has 3 aromatic rings. The van der Waals surface area contributed by atoms with Crippen LogP contribution in [0.5, 0.6) is 0 Å². The van der Waals surface area contributed by atoms with Crippen molar-refractivity contribution in [3.05, 3.63) is 29.5 Å². The molecule has 2 heterocycles. The first-order valence-corrected chi connectivity index (χ1v) is 6.25. The summed E-state index contributed by atoms with van der Waals surface area (Å²) >= 11 is 0. The zero-order chi connectivity index (χ0) is 13.4. The molecule has 6 heteroatoms. The van der Waals surface area contributed by atoms with E-state index in [4.69, 9.17) is 5.73 Å². The maximum absolute atomic E-state index is 5.49. The van der Waals surface area contributed by atoms with Crippen molar-refractivity contribution in [2.45, 2.75) is 20.4 Å². The Morgan fingerprint density at radius 2 is 2.05 bits per heavy atom. The van der Waals surface area contributed by atoms with E-state index in [1.54, 1.807) is 4.68 Å². The largest absolute Gasteiger partial charge is 0.337 e. The van der Waals surface area contributed by atoms with Gasteiger partial charge in [0, 0.05) is 6.54 Å². The highest BCUT2D eigenvalue weighted by atomic mass is 15.4. The van der Waals surface area contributed by atoms with Crippen molar-refractivity contribution in [2.75, 3.05) is 6.54 Å². The third kappa shape index (κ3) is 2.10. The number of nitrogens with zero attached hydrogens (tertiary/aromatic N) is 4. The molecule has 0 aliphatic heterocycles. The SMILES string of the molecule is Cc1cc2nc(-c3cn(CCN)nn3)[nH]c2cc1C. The maximum atomic E-state index is 5.49. The Labute approximate surface area is 110 Å². The lowest BCUT2D eigenvalue weighted by molar-refractivity contribution is 0.598. The minimum absolute atomic E-state index is 0.543. The molecule has 0 bridgehead atoms. The zero-order valence-corrected chi connectivity index (χ0v) is 11.0. The van der Waals surface area contributed by atoms with Crippen LogP contribution in [0.3, 0.4) is 0 Å². The fourth-order valence-electron chi connectivity index (χ4n) is 2.04. The second-order valence-corrected chi connectivity index (χ2v) is 4.69. The van der Waals surface area contributed by atoms with E-state index in [-0.39, 0.29) is 0 Å². The van der Waals surface area contributed by atoms with Crippen molar-refractivity contribution in [2.24, 2.45) is 5.73 Å². The van der Waals surface area contributed by atoms with Gasteiger partial charge in [-0.05, 0) is 37.1 Å². The van der Waals surface area contributed by atoms with Crippen LogP contribution in [0.4, 0.5) is 0 Å². The highest BCUT2D eigenvalue weighted by molar-refractivity contribution is 5.80. The van der Waals surface area contributed by atoms with Crippen LogP contribution in [-0.4, -0.2) is 31.5 Å². The number of nitrogens with two attached hydrogens (primary N) is 1. The van der Waals surface area contributed by atoms with Crippen LogP contribution in [0, 0.1) is 13.8 Å². The number of benzene rings is 1. The third-order valence-corrected chi connectivity index (χ3v) is 3.24. The Morgan fingerprint density at radius 3 is 2.84 bits per heavy atom. The molecule has 0 spiro atoms. The lowest BCUT2D eigenvalue weighted by Crippen LogP contribution is -2.10. The summed E-state index contributed by atoms with van der Waals surface area (Å²) in [5.74, 6) is 0.739. The van der Waals surface area contributed by atoms with Crippen LogP contribution >= 0.6 is 0 Å². The quantitative estimate of drug-likeness (QED) is 0.741. The Morgan fingerprint density at radius 1 is 1.26 bits per heavy atom. The van der Waals surface area contributed by atoms with Crippen molar-refractivity contribution in [1.82, 2.24) is 25.0 Å². The van der Waals surface area contributed by atoms with E-state index in [2.05, 4.69) is 46.3 Å². The molecule has 0 saturated carbocycles. The molecule has 0 amide bonds. The Kier molecular flexibility index (Phi) is 2.79. The second-order valence-electron chi connectivity index (χ2n) is 4.69. The average molecular weight is 256 g/mol. The highest BCUT2D eigenvalue weighted by Gasteiger charge is 2.10. The number of hydrogen-bond donors (Lipinski definition) is 2. The fraction of sp³-hybridized carbons (Fsp3) is 0.308. The lowest BCUT2D eigenvalue weighted by atomic mass is 10.1. The van der Waals surface area contributed by atoms with Gasteiger partial charge in [0.05, 0.1) is 23.8 Å². The summed E-state index contributed by atoms with van der Waals surface area (Å²) in [6.45, 7) is 5.38. The number of rotatable bonds is 3. The normalized spacial score (nSPS) is 11.3. The van der Waals surface area contributed by atoms with Crippen LogP contribution in [0.2, 0.25) is 0 Å². The molecule has 2 aromatic heterocycles. The van der Waals surface area contributed by atoms with Gasteiger partial charge in [-0.3, -0.25) is 4.68 Å². The van der Waals surface area contributed by atoms with Gasteiger partial charge in [-0.25, -0.2) is 4.98 Å².